The fraction of sp³-hybridized carbons (Fsp3) is 0.312. The predicted molar refractivity (Wildman–Crippen MR) is 90.3 cm³/mol. The van der Waals surface area contributed by atoms with Crippen molar-refractivity contribution < 1.29 is 9.21 Å². The number of anilines is 2. The van der Waals surface area contributed by atoms with Gasteiger partial charge in [-0.1, -0.05) is 0 Å². The van der Waals surface area contributed by atoms with Crippen molar-refractivity contribution in [3.05, 3.63) is 42.0 Å². The molecule has 0 radical (unpaired) electrons. The Morgan fingerprint density at radius 2 is 2.17 bits per heavy atom. The third-order valence-electron chi connectivity index (χ3n) is 2.95. The minimum Gasteiger partial charge on any atom is -0.465 e. The van der Waals surface area contributed by atoms with E-state index in [1.807, 2.05) is 32.0 Å². The largest absolute Gasteiger partial charge is 0.465 e. The number of aromatic nitrogens is 2. The highest BCUT2D eigenvalue weighted by atomic mass is 16.3. The molecule has 7 heteroatoms. The Labute approximate surface area is 135 Å². The Bertz CT molecular complexity index is 665. The molecule has 7 nitrogen and oxygen atoms in total. The molecule has 0 aliphatic rings. The average Bonchev–Trinajstić information content (AvgIpc) is 3.02. The van der Waals surface area contributed by atoms with Crippen LogP contribution in [0.15, 0.2) is 35.0 Å². The highest BCUT2D eigenvalue weighted by molar-refractivity contribution is 5.91. The van der Waals surface area contributed by atoms with Gasteiger partial charge in [0.05, 0.1) is 6.26 Å². The maximum absolute atomic E-state index is 11.6. The number of hydrogen-bond acceptors (Lipinski definition) is 6. The van der Waals surface area contributed by atoms with E-state index < -0.39 is 0 Å². The summed E-state index contributed by atoms with van der Waals surface area (Å²) in [6.45, 7) is 2.92. The number of carbonyl (C=O) groups excluding carboxylic acids is 1. The summed E-state index contributed by atoms with van der Waals surface area (Å²) >= 11 is 0. The maximum atomic E-state index is 11.6. The Hall–Kier alpha value is -2.83. The molecule has 0 unspecified atom stereocenters. The third-order valence-corrected chi connectivity index (χ3v) is 2.95. The van der Waals surface area contributed by atoms with Crippen LogP contribution in [0.25, 0.3) is 6.08 Å². The second-order valence-corrected chi connectivity index (χ2v) is 5.15. The highest BCUT2D eigenvalue weighted by Gasteiger charge is 2.03. The number of nitrogens with one attached hydrogen (secondary N) is 2. The van der Waals surface area contributed by atoms with Crippen molar-refractivity contribution in [1.82, 2.24) is 15.3 Å². The predicted octanol–water partition coefficient (Wildman–Crippen LogP) is 1.69. The van der Waals surface area contributed by atoms with Gasteiger partial charge in [0.25, 0.3) is 0 Å². The van der Waals surface area contributed by atoms with Crippen molar-refractivity contribution in [1.29, 1.82) is 0 Å². The Balaban J connectivity index is 1.76. The number of amides is 1. The third kappa shape index (κ3) is 5.46. The molecule has 2 rings (SSSR count). The molecule has 0 aliphatic carbocycles. The molecule has 0 atom stereocenters. The van der Waals surface area contributed by atoms with Gasteiger partial charge in [-0.2, -0.15) is 4.98 Å². The molecule has 0 aromatic carbocycles. The Kier molecular flexibility index (Phi) is 5.74. The second-order valence-electron chi connectivity index (χ2n) is 5.15. The van der Waals surface area contributed by atoms with Crippen LogP contribution in [0.2, 0.25) is 0 Å². The van der Waals surface area contributed by atoms with E-state index in [9.17, 15) is 4.79 Å². The monoisotopic (exact) mass is 315 g/mol. The maximum Gasteiger partial charge on any atom is 0.244 e. The lowest BCUT2D eigenvalue weighted by molar-refractivity contribution is -0.116. The van der Waals surface area contributed by atoms with Gasteiger partial charge in [0.1, 0.15) is 11.6 Å². The molecule has 0 fully saturated rings. The lowest BCUT2D eigenvalue weighted by Crippen LogP contribution is -2.27. The van der Waals surface area contributed by atoms with Crippen molar-refractivity contribution in [3.8, 4) is 0 Å². The molecule has 0 aliphatic heterocycles. The molecule has 1 amide bonds. The van der Waals surface area contributed by atoms with E-state index in [1.165, 1.54) is 6.08 Å². The number of furan rings is 1. The second kappa shape index (κ2) is 7.98. The molecule has 0 spiro atoms. The van der Waals surface area contributed by atoms with E-state index in [0.717, 1.165) is 11.5 Å². The van der Waals surface area contributed by atoms with Gasteiger partial charge in [0.2, 0.25) is 11.9 Å². The zero-order valence-electron chi connectivity index (χ0n) is 13.5. The molecule has 0 saturated carbocycles. The summed E-state index contributed by atoms with van der Waals surface area (Å²) in [5.74, 6) is 1.85. The number of hydrogen-bond donors (Lipinski definition) is 2. The standard InChI is InChI=1S/C16H21N5O2/c1-12-11-14(21(2)3)20-16(19-12)18-9-8-17-15(22)7-6-13-5-4-10-23-13/h4-7,10-11H,8-9H2,1-3H3,(H,17,22)(H,18,19,20). The summed E-state index contributed by atoms with van der Waals surface area (Å²) in [6, 6.07) is 5.46. The Morgan fingerprint density at radius 1 is 1.35 bits per heavy atom. The van der Waals surface area contributed by atoms with E-state index in [4.69, 9.17) is 4.42 Å². The van der Waals surface area contributed by atoms with Crippen molar-refractivity contribution in [2.75, 3.05) is 37.4 Å². The molecule has 2 aromatic heterocycles. The summed E-state index contributed by atoms with van der Waals surface area (Å²) < 4.78 is 5.11. The normalized spacial score (nSPS) is 10.7. The fourth-order valence-electron chi connectivity index (χ4n) is 1.82. The van der Waals surface area contributed by atoms with Gasteiger partial charge in [-0.3, -0.25) is 4.79 Å². The molecular weight excluding hydrogens is 294 g/mol. The van der Waals surface area contributed by atoms with E-state index >= 15 is 0 Å². The summed E-state index contributed by atoms with van der Waals surface area (Å²) in [6.07, 6.45) is 4.62. The van der Waals surface area contributed by atoms with Gasteiger partial charge in [-0.25, -0.2) is 4.98 Å². The van der Waals surface area contributed by atoms with Crippen LogP contribution in [0.5, 0.6) is 0 Å². The molecule has 23 heavy (non-hydrogen) atoms. The van der Waals surface area contributed by atoms with Gasteiger partial charge < -0.3 is 20.0 Å². The topological polar surface area (TPSA) is 83.3 Å². The summed E-state index contributed by atoms with van der Waals surface area (Å²) in [5.41, 5.74) is 0.886. The molecule has 2 heterocycles. The first kappa shape index (κ1) is 16.5. The van der Waals surface area contributed by atoms with Crippen LogP contribution in [-0.4, -0.2) is 43.1 Å². The molecule has 2 N–H and O–H groups in total. The van der Waals surface area contributed by atoms with Gasteiger partial charge in [0, 0.05) is 45.0 Å². The van der Waals surface area contributed by atoms with Crippen LogP contribution in [-0.2, 0) is 4.79 Å². The van der Waals surface area contributed by atoms with E-state index in [1.54, 1.807) is 24.5 Å². The van der Waals surface area contributed by atoms with Crippen molar-refractivity contribution in [2.45, 2.75) is 6.92 Å². The van der Waals surface area contributed by atoms with Gasteiger partial charge in [-0.05, 0) is 25.1 Å². The lowest BCUT2D eigenvalue weighted by Gasteiger charge is -2.13. The van der Waals surface area contributed by atoms with Crippen LogP contribution in [0.3, 0.4) is 0 Å². The first-order chi connectivity index (χ1) is 11.0. The zero-order chi connectivity index (χ0) is 16.7. The van der Waals surface area contributed by atoms with E-state index in [2.05, 4.69) is 20.6 Å². The summed E-state index contributed by atoms with van der Waals surface area (Å²) in [4.78, 5) is 22.3. The minimum atomic E-state index is -0.178. The van der Waals surface area contributed by atoms with Gasteiger partial charge in [-0.15, -0.1) is 0 Å². The first-order valence-corrected chi connectivity index (χ1v) is 7.31. The summed E-state index contributed by atoms with van der Waals surface area (Å²) in [5, 5.41) is 5.87. The van der Waals surface area contributed by atoms with Crippen LogP contribution >= 0.6 is 0 Å². The molecule has 2 aromatic rings. The summed E-state index contributed by atoms with van der Waals surface area (Å²) in [7, 11) is 3.86. The number of carbonyl (C=O) groups is 1. The first-order valence-electron chi connectivity index (χ1n) is 7.31. The average molecular weight is 315 g/mol. The number of aryl methyl sites for hydroxylation is 1. The molecule has 0 bridgehead atoms. The molecule has 122 valence electrons. The van der Waals surface area contributed by atoms with Crippen molar-refractivity contribution >= 4 is 23.7 Å². The fourth-order valence-corrected chi connectivity index (χ4v) is 1.82. The van der Waals surface area contributed by atoms with Crippen LogP contribution in [0, 0.1) is 6.92 Å². The van der Waals surface area contributed by atoms with E-state index in [0.29, 0.717) is 24.8 Å². The smallest absolute Gasteiger partial charge is 0.244 e. The van der Waals surface area contributed by atoms with Gasteiger partial charge >= 0.3 is 0 Å². The van der Waals surface area contributed by atoms with Crippen LogP contribution in [0.4, 0.5) is 11.8 Å². The van der Waals surface area contributed by atoms with Gasteiger partial charge in [0.15, 0.2) is 0 Å². The number of nitrogens with zero attached hydrogens (tertiary/aromatic N) is 3. The molecule has 0 saturated heterocycles. The highest BCUT2D eigenvalue weighted by Crippen LogP contribution is 2.11. The van der Waals surface area contributed by atoms with Crippen LogP contribution < -0.4 is 15.5 Å². The van der Waals surface area contributed by atoms with Crippen molar-refractivity contribution in [3.63, 3.8) is 0 Å². The van der Waals surface area contributed by atoms with E-state index in [-0.39, 0.29) is 5.91 Å². The Morgan fingerprint density at radius 3 is 2.87 bits per heavy atom. The quantitative estimate of drug-likeness (QED) is 0.597. The molecular formula is C16H21N5O2. The van der Waals surface area contributed by atoms with Crippen molar-refractivity contribution in [2.24, 2.45) is 0 Å². The van der Waals surface area contributed by atoms with Crippen LogP contribution in [0.1, 0.15) is 11.5 Å². The number of rotatable bonds is 7. The lowest BCUT2D eigenvalue weighted by atomic mass is 10.4. The SMILES string of the molecule is Cc1cc(N(C)C)nc(NCCNC(=O)C=Cc2ccco2)n1. The zero-order valence-corrected chi connectivity index (χ0v) is 13.5. The minimum absolute atomic E-state index is 0.178.